The number of nitrogens with two attached hydrogens (primary N) is 1. The molecule has 78 valence electrons. The molecule has 3 heteroatoms. The second kappa shape index (κ2) is 3.61. The van der Waals surface area contributed by atoms with Crippen molar-refractivity contribution < 1.29 is 0 Å². The summed E-state index contributed by atoms with van der Waals surface area (Å²) in [5, 5.41) is 0. The third-order valence-corrected chi connectivity index (χ3v) is 3.37. The lowest BCUT2D eigenvalue weighted by Crippen LogP contribution is -1.83. The Morgan fingerprint density at radius 3 is 2.50 bits per heavy atom. The minimum absolute atomic E-state index is 0.794. The van der Waals surface area contributed by atoms with Gasteiger partial charge in [-0.05, 0) is 35.4 Å². The molecule has 0 aliphatic heterocycles. The zero-order valence-electron chi connectivity index (χ0n) is 8.55. The minimum atomic E-state index is 0.794. The molecule has 0 aliphatic rings. The van der Waals surface area contributed by atoms with Crippen molar-refractivity contribution in [2.24, 2.45) is 0 Å². The number of rotatable bonds is 1. The molecule has 2 nitrogen and oxygen atoms in total. The summed E-state index contributed by atoms with van der Waals surface area (Å²) in [6, 6.07) is 14.2. The van der Waals surface area contributed by atoms with E-state index >= 15 is 0 Å². The van der Waals surface area contributed by atoms with Crippen LogP contribution in [0.3, 0.4) is 0 Å². The SMILES string of the molecule is Nc1ccc(-c2ccc3ncsc3c2)cc1. The van der Waals surface area contributed by atoms with Gasteiger partial charge in [-0.1, -0.05) is 18.2 Å². The first-order chi connectivity index (χ1) is 7.83. The summed E-state index contributed by atoms with van der Waals surface area (Å²) in [7, 11) is 0. The molecule has 1 aromatic heterocycles. The number of thiazole rings is 1. The topological polar surface area (TPSA) is 38.9 Å². The number of fused-ring (bicyclic) bond motifs is 1. The van der Waals surface area contributed by atoms with Crippen LogP contribution < -0.4 is 5.73 Å². The average Bonchev–Trinajstić information content (AvgIpc) is 2.77. The van der Waals surface area contributed by atoms with Crippen molar-refractivity contribution >= 4 is 27.2 Å². The lowest BCUT2D eigenvalue weighted by molar-refractivity contribution is 1.50. The van der Waals surface area contributed by atoms with E-state index in [4.69, 9.17) is 5.73 Å². The van der Waals surface area contributed by atoms with Crippen LogP contribution in [0.4, 0.5) is 5.69 Å². The van der Waals surface area contributed by atoms with Gasteiger partial charge >= 0.3 is 0 Å². The maximum Gasteiger partial charge on any atom is 0.0812 e. The van der Waals surface area contributed by atoms with E-state index in [0.29, 0.717) is 0 Å². The Hall–Kier alpha value is -1.87. The fraction of sp³-hybridized carbons (Fsp3) is 0. The Morgan fingerprint density at radius 1 is 0.938 bits per heavy atom. The zero-order chi connectivity index (χ0) is 11.0. The van der Waals surface area contributed by atoms with Crippen LogP contribution in [0.1, 0.15) is 0 Å². The van der Waals surface area contributed by atoms with Gasteiger partial charge in [0.2, 0.25) is 0 Å². The predicted molar refractivity (Wildman–Crippen MR) is 69.5 cm³/mol. The summed E-state index contributed by atoms with van der Waals surface area (Å²) in [6.07, 6.45) is 0. The summed E-state index contributed by atoms with van der Waals surface area (Å²) in [6.45, 7) is 0. The van der Waals surface area contributed by atoms with Crippen LogP contribution in [0, 0.1) is 0 Å². The lowest BCUT2D eigenvalue weighted by Gasteiger charge is -2.01. The van der Waals surface area contributed by atoms with Crippen LogP contribution in [-0.2, 0) is 0 Å². The standard InChI is InChI=1S/C13H10N2S/c14-11-4-1-9(2-5-11)10-3-6-12-13(7-10)16-8-15-12/h1-8H,14H2. The van der Waals surface area contributed by atoms with Crippen LogP contribution in [0.25, 0.3) is 21.3 Å². The van der Waals surface area contributed by atoms with Crippen LogP contribution >= 0.6 is 11.3 Å². The zero-order valence-corrected chi connectivity index (χ0v) is 9.37. The summed E-state index contributed by atoms with van der Waals surface area (Å²) < 4.78 is 1.22. The summed E-state index contributed by atoms with van der Waals surface area (Å²) >= 11 is 1.66. The van der Waals surface area contributed by atoms with E-state index in [1.165, 1.54) is 15.8 Å². The highest BCUT2D eigenvalue weighted by atomic mass is 32.1. The van der Waals surface area contributed by atoms with Gasteiger partial charge in [-0.2, -0.15) is 0 Å². The molecule has 0 radical (unpaired) electrons. The molecule has 16 heavy (non-hydrogen) atoms. The van der Waals surface area contributed by atoms with E-state index in [9.17, 15) is 0 Å². The van der Waals surface area contributed by atoms with E-state index < -0.39 is 0 Å². The Balaban J connectivity index is 2.14. The molecule has 0 saturated heterocycles. The van der Waals surface area contributed by atoms with Gasteiger partial charge in [0.05, 0.1) is 15.7 Å². The molecule has 0 spiro atoms. The molecule has 2 N–H and O–H groups in total. The van der Waals surface area contributed by atoms with Gasteiger partial charge < -0.3 is 5.73 Å². The summed E-state index contributed by atoms with van der Waals surface area (Å²) in [5.74, 6) is 0. The first-order valence-corrected chi connectivity index (χ1v) is 5.90. The van der Waals surface area contributed by atoms with Gasteiger partial charge in [-0.15, -0.1) is 11.3 Å². The molecule has 3 aromatic rings. The van der Waals surface area contributed by atoms with Crippen LogP contribution in [-0.4, -0.2) is 4.98 Å². The van der Waals surface area contributed by atoms with E-state index in [0.717, 1.165) is 11.2 Å². The molecule has 0 atom stereocenters. The average molecular weight is 226 g/mol. The molecule has 0 amide bonds. The monoisotopic (exact) mass is 226 g/mol. The molecule has 1 heterocycles. The molecule has 0 saturated carbocycles. The Morgan fingerprint density at radius 2 is 1.69 bits per heavy atom. The normalized spacial score (nSPS) is 10.8. The van der Waals surface area contributed by atoms with Crippen molar-refractivity contribution in [3.8, 4) is 11.1 Å². The minimum Gasteiger partial charge on any atom is -0.399 e. The number of benzene rings is 2. The maximum absolute atomic E-state index is 5.67. The first kappa shape index (κ1) is 9.36. The van der Waals surface area contributed by atoms with Crippen LogP contribution in [0.15, 0.2) is 48.0 Å². The molecule has 0 unspecified atom stereocenters. The fourth-order valence-corrected chi connectivity index (χ4v) is 2.43. The Bertz CT molecular complexity index is 626. The first-order valence-electron chi connectivity index (χ1n) is 5.02. The van der Waals surface area contributed by atoms with Gasteiger partial charge in [0.15, 0.2) is 0 Å². The Labute approximate surface area is 97.4 Å². The van der Waals surface area contributed by atoms with Gasteiger partial charge in [-0.3, -0.25) is 0 Å². The smallest absolute Gasteiger partial charge is 0.0812 e. The number of nitrogens with zero attached hydrogens (tertiary/aromatic N) is 1. The fourth-order valence-electron chi connectivity index (χ4n) is 1.71. The highest BCUT2D eigenvalue weighted by Crippen LogP contribution is 2.26. The Kier molecular flexibility index (Phi) is 2.11. The van der Waals surface area contributed by atoms with Crippen LogP contribution in [0.5, 0.6) is 0 Å². The lowest BCUT2D eigenvalue weighted by atomic mass is 10.1. The third-order valence-electron chi connectivity index (χ3n) is 2.58. The van der Waals surface area contributed by atoms with Crippen molar-refractivity contribution in [3.63, 3.8) is 0 Å². The van der Waals surface area contributed by atoms with E-state index in [-0.39, 0.29) is 0 Å². The van der Waals surface area contributed by atoms with Crippen molar-refractivity contribution in [2.45, 2.75) is 0 Å². The summed E-state index contributed by atoms with van der Waals surface area (Å²) in [5.41, 5.74) is 11.8. The van der Waals surface area contributed by atoms with E-state index in [2.05, 4.69) is 23.2 Å². The highest BCUT2D eigenvalue weighted by molar-refractivity contribution is 7.16. The highest BCUT2D eigenvalue weighted by Gasteiger charge is 2.01. The van der Waals surface area contributed by atoms with E-state index in [1.54, 1.807) is 11.3 Å². The molecular weight excluding hydrogens is 216 g/mol. The predicted octanol–water partition coefficient (Wildman–Crippen LogP) is 3.55. The van der Waals surface area contributed by atoms with Crippen molar-refractivity contribution in [2.75, 3.05) is 5.73 Å². The molecule has 0 bridgehead atoms. The number of hydrogen-bond acceptors (Lipinski definition) is 3. The van der Waals surface area contributed by atoms with Gasteiger partial charge in [0.1, 0.15) is 0 Å². The largest absolute Gasteiger partial charge is 0.399 e. The summed E-state index contributed by atoms with van der Waals surface area (Å²) in [4.78, 5) is 4.27. The third kappa shape index (κ3) is 1.55. The second-order valence-electron chi connectivity index (χ2n) is 3.66. The van der Waals surface area contributed by atoms with Crippen LogP contribution in [0.2, 0.25) is 0 Å². The number of anilines is 1. The molecule has 0 aliphatic carbocycles. The van der Waals surface area contributed by atoms with Crippen molar-refractivity contribution in [3.05, 3.63) is 48.0 Å². The van der Waals surface area contributed by atoms with Crippen molar-refractivity contribution in [1.29, 1.82) is 0 Å². The van der Waals surface area contributed by atoms with Crippen molar-refractivity contribution in [1.82, 2.24) is 4.98 Å². The second-order valence-corrected chi connectivity index (χ2v) is 4.54. The number of hydrogen-bond donors (Lipinski definition) is 1. The van der Waals surface area contributed by atoms with Gasteiger partial charge in [0.25, 0.3) is 0 Å². The molecule has 0 fully saturated rings. The van der Waals surface area contributed by atoms with Gasteiger partial charge in [-0.25, -0.2) is 4.98 Å². The molecule has 2 aromatic carbocycles. The van der Waals surface area contributed by atoms with Gasteiger partial charge in [0, 0.05) is 5.69 Å². The quantitative estimate of drug-likeness (QED) is 0.644. The maximum atomic E-state index is 5.67. The molecule has 3 rings (SSSR count). The number of nitrogen functional groups attached to an aromatic ring is 1. The van der Waals surface area contributed by atoms with E-state index in [1.807, 2.05) is 29.8 Å². The number of aromatic nitrogens is 1. The molecular formula is C13H10N2S.